The highest BCUT2D eigenvalue weighted by Crippen LogP contribution is 2.25. The Kier molecular flexibility index (Phi) is 7.38. The molecule has 2 heterocycles. The number of piperazine rings is 1. The van der Waals surface area contributed by atoms with Crippen LogP contribution in [0.5, 0.6) is 5.75 Å². The second kappa shape index (κ2) is 11.0. The van der Waals surface area contributed by atoms with E-state index in [1.165, 1.54) is 6.07 Å². The fourth-order valence-corrected chi connectivity index (χ4v) is 4.36. The third-order valence-electron chi connectivity index (χ3n) is 6.16. The van der Waals surface area contributed by atoms with Crippen LogP contribution in [0.1, 0.15) is 16.8 Å². The largest absolute Gasteiger partial charge is 0.487 e. The first-order chi connectivity index (χ1) is 17.1. The Labute approximate surface area is 210 Å². The van der Waals surface area contributed by atoms with Crippen LogP contribution in [0.15, 0.2) is 78.9 Å². The van der Waals surface area contributed by atoms with Crippen LogP contribution in [0, 0.1) is 5.82 Å². The van der Waals surface area contributed by atoms with Crippen LogP contribution >= 0.6 is 11.6 Å². The maximum absolute atomic E-state index is 14.1. The quantitative estimate of drug-likeness (QED) is 0.322. The predicted octanol–water partition coefficient (Wildman–Crippen LogP) is 6.05. The van der Waals surface area contributed by atoms with E-state index in [2.05, 4.69) is 39.5 Å². The Balaban J connectivity index is 1.33. The predicted molar refractivity (Wildman–Crippen MR) is 141 cm³/mol. The molecule has 4 nitrogen and oxygen atoms in total. The molecule has 0 amide bonds. The molecule has 1 aromatic heterocycles. The molecule has 1 aliphatic rings. The van der Waals surface area contributed by atoms with Crippen LogP contribution in [-0.2, 0) is 6.61 Å². The molecule has 6 heteroatoms. The van der Waals surface area contributed by atoms with Gasteiger partial charge in [0.1, 0.15) is 18.2 Å². The summed E-state index contributed by atoms with van der Waals surface area (Å²) in [6.07, 6.45) is 2.04. The van der Waals surface area contributed by atoms with Gasteiger partial charge in [0.25, 0.3) is 0 Å². The molecule has 5 rings (SSSR count). The second-order valence-electron chi connectivity index (χ2n) is 8.68. The fraction of sp³-hybridized carbons (Fsp3) is 0.207. The maximum atomic E-state index is 14.1. The lowest BCUT2D eigenvalue weighted by molar-refractivity contribution is 0.268. The zero-order valence-corrected chi connectivity index (χ0v) is 20.1. The molecule has 1 N–H and O–H groups in total. The first-order valence-corrected chi connectivity index (χ1v) is 12.2. The van der Waals surface area contributed by atoms with E-state index in [9.17, 15) is 4.39 Å². The van der Waals surface area contributed by atoms with Crippen molar-refractivity contribution < 1.29 is 9.13 Å². The lowest BCUT2D eigenvalue weighted by atomic mass is 10.0. The number of benzene rings is 3. The van der Waals surface area contributed by atoms with Gasteiger partial charge in [-0.2, -0.15) is 0 Å². The van der Waals surface area contributed by atoms with E-state index in [-0.39, 0.29) is 5.02 Å². The normalized spacial score (nSPS) is 14.9. The minimum atomic E-state index is -0.409. The van der Waals surface area contributed by atoms with Crippen LogP contribution in [0.25, 0.3) is 22.6 Å². The highest BCUT2D eigenvalue weighted by molar-refractivity contribution is 6.30. The van der Waals surface area contributed by atoms with Gasteiger partial charge in [-0.05, 0) is 59.2 Å². The molecule has 0 atom stereocenters. The summed E-state index contributed by atoms with van der Waals surface area (Å²) in [6, 6.07) is 25.1. The summed E-state index contributed by atoms with van der Waals surface area (Å²) < 4.78 is 20.1. The zero-order valence-electron chi connectivity index (χ0n) is 19.4. The molecule has 1 fully saturated rings. The van der Waals surface area contributed by atoms with Crippen LogP contribution in [0.4, 0.5) is 4.39 Å². The van der Waals surface area contributed by atoms with E-state index in [1.54, 1.807) is 6.07 Å². The number of hydrogen-bond acceptors (Lipinski definition) is 4. The number of halogens is 2. The summed E-state index contributed by atoms with van der Waals surface area (Å²) in [5.74, 6) is 0.371. The Morgan fingerprint density at radius 1 is 1.00 bits per heavy atom. The molecule has 0 radical (unpaired) electrons. The lowest BCUT2D eigenvalue weighted by Crippen LogP contribution is -2.43. The maximum Gasteiger partial charge on any atom is 0.142 e. The number of aromatic nitrogens is 1. The van der Waals surface area contributed by atoms with Gasteiger partial charge in [-0.3, -0.25) is 4.90 Å². The first-order valence-electron chi connectivity index (χ1n) is 11.8. The highest BCUT2D eigenvalue weighted by Gasteiger charge is 2.13. The summed E-state index contributed by atoms with van der Waals surface area (Å²) in [7, 11) is 0. The molecule has 0 unspecified atom stereocenters. The Bertz CT molecular complexity index is 1330. The van der Waals surface area contributed by atoms with Crippen molar-refractivity contribution in [1.29, 1.82) is 0 Å². The van der Waals surface area contributed by atoms with Crippen LogP contribution < -0.4 is 10.1 Å². The molecule has 0 saturated carbocycles. The second-order valence-corrected chi connectivity index (χ2v) is 9.08. The Hall–Kier alpha value is -3.25. The minimum Gasteiger partial charge on any atom is -0.487 e. The lowest BCUT2D eigenvalue weighted by Gasteiger charge is -2.28. The van der Waals surface area contributed by atoms with Crippen molar-refractivity contribution in [2.24, 2.45) is 0 Å². The van der Waals surface area contributed by atoms with Gasteiger partial charge in [0.15, 0.2) is 0 Å². The molecule has 0 bridgehead atoms. The van der Waals surface area contributed by atoms with Crippen LogP contribution in [-0.4, -0.2) is 42.6 Å². The molecule has 1 saturated heterocycles. The Morgan fingerprint density at radius 2 is 1.80 bits per heavy atom. The van der Waals surface area contributed by atoms with E-state index in [0.717, 1.165) is 71.8 Å². The Morgan fingerprint density at radius 3 is 2.60 bits per heavy atom. The fourth-order valence-electron chi connectivity index (χ4n) is 4.24. The van der Waals surface area contributed by atoms with Gasteiger partial charge in [-0.15, -0.1) is 0 Å². The first kappa shape index (κ1) is 23.5. The summed E-state index contributed by atoms with van der Waals surface area (Å²) in [6.45, 7) is 5.08. The molecular formula is C29H27ClFN3O. The van der Waals surface area contributed by atoms with Crippen molar-refractivity contribution in [2.75, 3.05) is 32.7 Å². The van der Waals surface area contributed by atoms with Crippen molar-refractivity contribution in [3.8, 4) is 5.75 Å². The molecule has 0 spiro atoms. The average Bonchev–Trinajstić information content (AvgIpc) is 2.90. The van der Waals surface area contributed by atoms with Crippen molar-refractivity contribution in [3.63, 3.8) is 0 Å². The van der Waals surface area contributed by atoms with E-state index in [0.29, 0.717) is 6.61 Å². The van der Waals surface area contributed by atoms with Gasteiger partial charge in [0.2, 0.25) is 0 Å². The van der Waals surface area contributed by atoms with Gasteiger partial charge < -0.3 is 10.1 Å². The molecule has 35 heavy (non-hydrogen) atoms. The van der Waals surface area contributed by atoms with Gasteiger partial charge in [-0.25, -0.2) is 9.37 Å². The average molecular weight is 488 g/mol. The summed E-state index contributed by atoms with van der Waals surface area (Å²) in [4.78, 5) is 7.08. The monoisotopic (exact) mass is 487 g/mol. The smallest absolute Gasteiger partial charge is 0.142 e. The SMILES string of the molecule is Fc1cc(C=C(CN2CCNCC2)c2ccc(OCc3ccc4ccccc4n3)cc2)ccc1Cl. The van der Waals surface area contributed by atoms with E-state index in [1.807, 2.05) is 48.5 Å². The highest BCUT2D eigenvalue weighted by atomic mass is 35.5. The number of fused-ring (bicyclic) bond motifs is 1. The van der Waals surface area contributed by atoms with Crippen molar-refractivity contribution in [3.05, 3.63) is 107 Å². The van der Waals surface area contributed by atoms with Crippen molar-refractivity contribution in [1.82, 2.24) is 15.2 Å². The summed E-state index contributed by atoms with van der Waals surface area (Å²) in [5, 5.41) is 4.64. The number of nitrogens with zero attached hydrogens (tertiary/aromatic N) is 2. The van der Waals surface area contributed by atoms with E-state index >= 15 is 0 Å². The molecule has 178 valence electrons. The van der Waals surface area contributed by atoms with Gasteiger partial charge in [-0.1, -0.05) is 54.1 Å². The van der Waals surface area contributed by atoms with Crippen molar-refractivity contribution >= 4 is 34.2 Å². The van der Waals surface area contributed by atoms with E-state index < -0.39 is 5.82 Å². The summed E-state index contributed by atoms with van der Waals surface area (Å²) in [5.41, 5.74) is 4.84. The minimum absolute atomic E-state index is 0.133. The van der Waals surface area contributed by atoms with Crippen LogP contribution in [0.3, 0.4) is 0 Å². The molecule has 0 aliphatic carbocycles. The van der Waals surface area contributed by atoms with Crippen LogP contribution in [0.2, 0.25) is 5.02 Å². The number of nitrogens with one attached hydrogen (secondary N) is 1. The molecule has 1 aliphatic heterocycles. The number of pyridine rings is 1. The number of rotatable bonds is 7. The third-order valence-corrected chi connectivity index (χ3v) is 6.46. The van der Waals surface area contributed by atoms with Gasteiger partial charge >= 0.3 is 0 Å². The van der Waals surface area contributed by atoms with Crippen molar-refractivity contribution in [2.45, 2.75) is 6.61 Å². The number of ether oxygens (including phenoxy) is 1. The molecule has 3 aromatic carbocycles. The topological polar surface area (TPSA) is 37.4 Å². The molecule has 4 aromatic rings. The molecular weight excluding hydrogens is 461 g/mol. The summed E-state index contributed by atoms with van der Waals surface area (Å²) >= 11 is 5.88. The van der Waals surface area contributed by atoms with E-state index in [4.69, 9.17) is 16.3 Å². The number of hydrogen-bond donors (Lipinski definition) is 1. The standard InChI is InChI=1S/C29H27ClFN3O/c30-27-12-5-21(18-28(27)31)17-24(19-34-15-13-32-14-16-34)22-7-10-26(11-8-22)35-20-25-9-6-23-3-1-2-4-29(23)33-25/h1-12,17-18,32H,13-16,19-20H2. The van der Waals surface area contributed by atoms with Gasteiger partial charge in [0.05, 0.1) is 16.2 Å². The van der Waals surface area contributed by atoms with Gasteiger partial charge in [0, 0.05) is 38.1 Å². The third kappa shape index (κ3) is 6.06. The number of para-hydroxylation sites is 1. The zero-order chi connectivity index (χ0) is 24.0.